The van der Waals surface area contributed by atoms with Crippen LogP contribution in [0.1, 0.15) is 5.56 Å². The number of hydrogen-bond acceptors (Lipinski definition) is 5. The smallest absolute Gasteiger partial charge is 0.289 e. The predicted molar refractivity (Wildman–Crippen MR) is 79.0 cm³/mol. The van der Waals surface area contributed by atoms with Crippen LogP contribution in [0.2, 0.25) is 0 Å². The van der Waals surface area contributed by atoms with Crippen LogP contribution in [-0.4, -0.2) is 32.5 Å². The molecule has 0 bridgehead atoms. The third kappa shape index (κ3) is 2.76. The van der Waals surface area contributed by atoms with Crippen LogP contribution in [0.3, 0.4) is 0 Å². The summed E-state index contributed by atoms with van der Waals surface area (Å²) in [6, 6.07) is 4.18. The molecule has 2 atom stereocenters. The molecule has 0 spiro atoms. The quantitative estimate of drug-likeness (QED) is 0.627. The van der Waals surface area contributed by atoms with Crippen LogP contribution >= 0.6 is 12.4 Å². The zero-order valence-corrected chi connectivity index (χ0v) is 12.9. The van der Waals surface area contributed by atoms with Crippen LogP contribution in [0, 0.1) is 28.9 Å². The zero-order chi connectivity index (χ0) is 14.5. The number of piperidine rings is 1. The highest BCUT2D eigenvalue weighted by atomic mass is 35.5. The van der Waals surface area contributed by atoms with Crippen molar-refractivity contribution in [2.75, 3.05) is 13.1 Å². The number of nitro benzene ring substituents is 1. The summed E-state index contributed by atoms with van der Waals surface area (Å²) in [7, 11) is -3.86. The van der Waals surface area contributed by atoms with Gasteiger partial charge in [-0.1, -0.05) is 12.1 Å². The van der Waals surface area contributed by atoms with Crippen LogP contribution in [-0.2, 0) is 10.0 Å². The van der Waals surface area contributed by atoms with Crippen LogP contribution < -0.4 is 10.0 Å². The van der Waals surface area contributed by atoms with E-state index >= 15 is 0 Å². The van der Waals surface area contributed by atoms with E-state index in [1.165, 1.54) is 12.1 Å². The fraction of sp³-hybridized carbons (Fsp3) is 0.500. The molecule has 1 aliphatic heterocycles. The molecule has 2 unspecified atom stereocenters. The van der Waals surface area contributed by atoms with E-state index in [-0.39, 0.29) is 29.0 Å². The molecule has 2 fully saturated rings. The molecule has 1 aromatic carbocycles. The zero-order valence-electron chi connectivity index (χ0n) is 11.3. The van der Waals surface area contributed by atoms with Crippen molar-refractivity contribution in [2.45, 2.75) is 17.9 Å². The van der Waals surface area contributed by atoms with Crippen molar-refractivity contribution in [3.05, 3.63) is 33.9 Å². The lowest BCUT2D eigenvalue weighted by Crippen LogP contribution is -2.33. The van der Waals surface area contributed by atoms with E-state index in [1.54, 1.807) is 13.0 Å². The first kappa shape index (κ1) is 16.2. The van der Waals surface area contributed by atoms with Crippen molar-refractivity contribution in [3.63, 3.8) is 0 Å². The maximum absolute atomic E-state index is 12.4. The predicted octanol–water partition coefficient (Wildman–Crippen LogP) is 0.821. The first-order chi connectivity index (χ1) is 9.42. The molecule has 21 heavy (non-hydrogen) atoms. The lowest BCUT2D eigenvalue weighted by atomic mass is 10.2. The van der Waals surface area contributed by atoms with Crippen LogP contribution in [0.15, 0.2) is 23.1 Å². The van der Waals surface area contributed by atoms with E-state index in [2.05, 4.69) is 10.0 Å². The summed E-state index contributed by atoms with van der Waals surface area (Å²) < 4.78 is 27.5. The number of sulfonamides is 1. The number of halogens is 1. The minimum atomic E-state index is -3.86. The van der Waals surface area contributed by atoms with Gasteiger partial charge in [0, 0.05) is 12.1 Å². The van der Waals surface area contributed by atoms with Crippen LogP contribution in [0.5, 0.6) is 0 Å². The number of hydrogen-bond donors (Lipinski definition) is 2. The Bertz CT molecular complexity index is 669. The van der Waals surface area contributed by atoms with Gasteiger partial charge >= 0.3 is 0 Å². The highest BCUT2D eigenvalue weighted by Gasteiger charge is 2.54. The van der Waals surface area contributed by atoms with E-state index in [4.69, 9.17) is 0 Å². The first-order valence-corrected chi connectivity index (χ1v) is 7.87. The van der Waals surface area contributed by atoms with Crippen molar-refractivity contribution in [1.82, 2.24) is 10.0 Å². The Balaban J connectivity index is 0.00000161. The second kappa shape index (κ2) is 5.53. The second-order valence-electron chi connectivity index (χ2n) is 5.31. The summed E-state index contributed by atoms with van der Waals surface area (Å²) in [5, 5.41) is 14.2. The molecule has 3 rings (SSSR count). The topological polar surface area (TPSA) is 101 Å². The Morgan fingerprint density at radius 3 is 2.52 bits per heavy atom. The van der Waals surface area contributed by atoms with Crippen molar-refractivity contribution < 1.29 is 13.3 Å². The Morgan fingerprint density at radius 2 is 1.95 bits per heavy atom. The normalized spacial score (nSPS) is 26.8. The second-order valence-corrected chi connectivity index (χ2v) is 6.96. The van der Waals surface area contributed by atoms with Gasteiger partial charge in [-0.2, -0.15) is 0 Å². The largest absolute Gasteiger partial charge is 0.316 e. The van der Waals surface area contributed by atoms with Gasteiger partial charge < -0.3 is 5.32 Å². The summed E-state index contributed by atoms with van der Waals surface area (Å²) in [5.41, 5.74) is 0.0112. The molecule has 1 aliphatic carbocycles. The van der Waals surface area contributed by atoms with E-state index in [9.17, 15) is 18.5 Å². The fourth-order valence-electron chi connectivity index (χ4n) is 2.96. The lowest BCUT2D eigenvalue weighted by molar-refractivity contribution is -0.387. The molecule has 7 nitrogen and oxygen atoms in total. The van der Waals surface area contributed by atoms with E-state index in [1.807, 2.05) is 0 Å². The van der Waals surface area contributed by atoms with Crippen molar-refractivity contribution in [1.29, 1.82) is 0 Å². The van der Waals surface area contributed by atoms with Crippen molar-refractivity contribution in [2.24, 2.45) is 11.8 Å². The highest BCUT2D eigenvalue weighted by Crippen LogP contribution is 2.43. The molecule has 0 amide bonds. The molecule has 116 valence electrons. The molecule has 1 aromatic rings. The van der Waals surface area contributed by atoms with Gasteiger partial charge in [0.2, 0.25) is 10.0 Å². The molecule has 0 aromatic heterocycles. The highest BCUT2D eigenvalue weighted by molar-refractivity contribution is 7.89. The number of nitrogens with zero attached hydrogens (tertiary/aromatic N) is 1. The first-order valence-electron chi connectivity index (χ1n) is 6.39. The third-order valence-corrected chi connectivity index (χ3v) is 5.69. The Hall–Kier alpha value is -1.22. The monoisotopic (exact) mass is 333 g/mol. The fourth-order valence-corrected chi connectivity index (χ4v) is 4.70. The van der Waals surface area contributed by atoms with Gasteiger partial charge in [0.05, 0.1) is 4.92 Å². The molecular weight excluding hydrogens is 318 g/mol. The number of nitrogens with one attached hydrogen (secondary N) is 2. The SMILES string of the molecule is Cc1cccc([N+](=O)[O-])c1S(=O)(=O)NC1C2CNCC21.Cl. The van der Waals surface area contributed by atoms with E-state index in [0.29, 0.717) is 17.4 Å². The van der Waals surface area contributed by atoms with Gasteiger partial charge in [-0.05, 0) is 37.4 Å². The summed E-state index contributed by atoms with van der Waals surface area (Å²) in [4.78, 5) is 10.1. The minimum Gasteiger partial charge on any atom is -0.316 e. The third-order valence-electron chi connectivity index (χ3n) is 4.04. The molecule has 2 aliphatic rings. The molecular formula is C12H16ClN3O4S. The summed E-state index contributed by atoms with van der Waals surface area (Å²) in [6.45, 7) is 3.16. The average molecular weight is 334 g/mol. The van der Waals surface area contributed by atoms with E-state index in [0.717, 1.165) is 13.1 Å². The lowest BCUT2D eigenvalue weighted by Gasteiger charge is -2.11. The van der Waals surface area contributed by atoms with Gasteiger partial charge in [-0.3, -0.25) is 10.1 Å². The van der Waals surface area contributed by atoms with Crippen molar-refractivity contribution >= 4 is 28.1 Å². The number of benzene rings is 1. The van der Waals surface area contributed by atoms with Gasteiger partial charge in [0.15, 0.2) is 4.90 Å². The average Bonchev–Trinajstić information content (AvgIpc) is 2.82. The molecule has 1 heterocycles. The standard InChI is InChI=1S/C12H15N3O4S.ClH/c1-7-3-2-4-10(15(16)17)12(7)20(18,19)14-11-8-5-13-6-9(8)11;/h2-4,8-9,11,13-14H,5-6H2,1H3;1H. The van der Waals surface area contributed by atoms with Gasteiger partial charge in [0.1, 0.15) is 0 Å². The van der Waals surface area contributed by atoms with Gasteiger partial charge in [0.25, 0.3) is 5.69 Å². The van der Waals surface area contributed by atoms with Crippen molar-refractivity contribution in [3.8, 4) is 0 Å². The Morgan fingerprint density at radius 1 is 1.33 bits per heavy atom. The maximum atomic E-state index is 12.4. The Kier molecular flexibility index (Phi) is 4.25. The minimum absolute atomic E-state index is 0. The number of aryl methyl sites for hydroxylation is 1. The molecule has 1 saturated carbocycles. The van der Waals surface area contributed by atoms with E-state index < -0.39 is 14.9 Å². The summed E-state index contributed by atoms with van der Waals surface area (Å²) in [5.74, 6) is 0.626. The Labute approximate surface area is 128 Å². The van der Waals surface area contributed by atoms with Crippen LogP contribution in [0.25, 0.3) is 0 Å². The molecule has 1 saturated heterocycles. The summed E-state index contributed by atoms with van der Waals surface area (Å²) >= 11 is 0. The molecule has 0 radical (unpaired) electrons. The van der Waals surface area contributed by atoms with Crippen LogP contribution in [0.4, 0.5) is 5.69 Å². The maximum Gasteiger partial charge on any atom is 0.289 e. The number of fused-ring (bicyclic) bond motifs is 1. The number of nitro groups is 1. The van der Waals surface area contributed by atoms with Gasteiger partial charge in [-0.25, -0.2) is 13.1 Å². The summed E-state index contributed by atoms with van der Waals surface area (Å²) in [6.07, 6.45) is 0. The molecule has 9 heteroatoms. The number of rotatable bonds is 4. The molecule has 2 N–H and O–H groups in total. The van der Waals surface area contributed by atoms with Gasteiger partial charge in [-0.15, -0.1) is 12.4 Å².